The van der Waals surface area contributed by atoms with E-state index in [1.54, 1.807) is 4.31 Å². The first kappa shape index (κ1) is 19.4. The lowest BCUT2D eigenvalue weighted by Gasteiger charge is -2.52. The van der Waals surface area contributed by atoms with Crippen LogP contribution in [-0.2, 0) is 10.0 Å². The summed E-state index contributed by atoms with van der Waals surface area (Å²) in [6.45, 7) is 6.29. The van der Waals surface area contributed by atoms with E-state index in [4.69, 9.17) is 0 Å². The number of hydrogen-bond donors (Lipinski definition) is 0. The molecule has 1 spiro atoms. The summed E-state index contributed by atoms with van der Waals surface area (Å²) < 4.78 is 43.0. The Kier molecular flexibility index (Phi) is 4.77. The summed E-state index contributed by atoms with van der Waals surface area (Å²) >= 11 is 0. The number of hydrogen-bond acceptors (Lipinski definition) is 2. The van der Waals surface area contributed by atoms with Crippen molar-refractivity contribution in [3.8, 4) is 0 Å². The first-order valence-electron chi connectivity index (χ1n) is 10.2. The van der Waals surface area contributed by atoms with E-state index in [2.05, 4.69) is 19.9 Å². The molecule has 0 amide bonds. The Morgan fingerprint density at radius 1 is 0.964 bits per heavy atom. The van der Waals surface area contributed by atoms with Gasteiger partial charge in [0.15, 0.2) is 0 Å². The van der Waals surface area contributed by atoms with E-state index in [1.165, 1.54) is 24.3 Å². The number of aryl methyl sites for hydroxylation is 2. The van der Waals surface area contributed by atoms with Crippen molar-refractivity contribution < 1.29 is 12.8 Å². The fourth-order valence-electron chi connectivity index (χ4n) is 5.41. The van der Waals surface area contributed by atoms with Crippen LogP contribution in [-0.4, -0.2) is 14.0 Å². The second kappa shape index (κ2) is 6.87. The van der Waals surface area contributed by atoms with E-state index >= 15 is 0 Å². The molecule has 0 aromatic heterocycles. The Morgan fingerprint density at radius 3 is 2.21 bits per heavy atom. The number of nitrogens with zero attached hydrogens (tertiary/aromatic N) is 1. The van der Waals surface area contributed by atoms with Crippen LogP contribution in [0.3, 0.4) is 0 Å². The minimum absolute atomic E-state index is 0.167. The van der Waals surface area contributed by atoms with Crippen LogP contribution in [0.4, 0.5) is 10.1 Å². The zero-order chi connectivity index (χ0) is 20.1. The van der Waals surface area contributed by atoms with E-state index in [0.29, 0.717) is 5.92 Å². The summed E-state index contributed by atoms with van der Waals surface area (Å²) in [5.74, 6) is -0.112. The lowest BCUT2D eigenvalue weighted by atomic mass is 9.70. The van der Waals surface area contributed by atoms with Crippen molar-refractivity contribution in [1.29, 1.82) is 0 Å². The molecule has 2 aromatic rings. The summed E-state index contributed by atoms with van der Waals surface area (Å²) in [6, 6.07) is 9.37. The molecule has 1 heterocycles. The summed E-state index contributed by atoms with van der Waals surface area (Å²) in [6.07, 6.45) is 5.84. The van der Waals surface area contributed by atoms with Gasteiger partial charge in [-0.15, -0.1) is 0 Å². The number of sulfonamides is 1. The molecule has 1 fully saturated rings. The highest BCUT2D eigenvalue weighted by Crippen LogP contribution is 2.53. The normalized spacial score (nSPS) is 21.6. The van der Waals surface area contributed by atoms with Crippen molar-refractivity contribution in [2.75, 3.05) is 4.31 Å². The maximum absolute atomic E-state index is 13.9. The molecule has 1 unspecified atom stereocenters. The van der Waals surface area contributed by atoms with Crippen molar-refractivity contribution >= 4 is 15.7 Å². The average Bonchev–Trinajstić information content (AvgIpc) is 2.65. The number of fused-ring (bicyclic) bond motifs is 1. The van der Waals surface area contributed by atoms with Crippen molar-refractivity contribution in [3.63, 3.8) is 0 Å². The third kappa shape index (κ3) is 2.95. The highest BCUT2D eigenvalue weighted by molar-refractivity contribution is 7.93. The third-order valence-electron chi connectivity index (χ3n) is 6.59. The quantitative estimate of drug-likeness (QED) is 0.633. The van der Waals surface area contributed by atoms with Gasteiger partial charge in [-0.1, -0.05) is 38.3 Å². The summed E-state index contributed by atoms with van der Waals surface area (Å²) in [7, 11) is -3.80. The molecule has 0 radical (unpaired) electrons. The Hall–Kier alpha value is -1.88. The topological polar surface area (TPSA) is 37.4 Å². The van der Waals surface area contributed by atoms with E-state index in [1.807, 2.05) is 13.0 Å². The van der Waals surface area contributed by atoms with Crippen LogP contribution >= 0.6 is 0 Å². The van der Waals surface area contributed by atoms with Gasteiger partial charge in [-0.05, 0) is 80.0 Å². The second-order valence-corrected chi connectivity index (χ2v) is 10.4. The molecule has 1 atom stereocenters. The molecule has 4 rings (SSSR count). The molecule has 2 aromatic carbocycles. The highest BCUT2D eigenvalue weighted by atomic mass is 32.2. The maximum atomic E-state index is 13.9. The minimum Gasteiger partial charge on any atom is -0.260 e. The SMILES string of the molecule is Cc1ccc(C)c2c1C(C)CC1(CCCCC1)N2S(=O)(=O)c1ccc(F)cc1. The summed E-state index contributed by atoms with van der Waals surface area (Å²) in [5, 5.41) is 0. The smallest absolute Gasteiger partial charge is 0.260 e. The molecule has 2 aliphatic rings. The number of benzene rings is 2. The number of halogens is 1. The fourth-order valence-corrected chi connectivity index (χ4v) is 7.35. The van der Waals surface area contributed by atoms with E-state index < -0.39 is 21.4 Å². The van der Waals surface area contributed by atoms with Gasteiger partial charge in [0.2, 0.25) is 0 Å². The van der Waals surface area contributed by atoms with Crippen LogP contribution in [0, 0.1) is 19.7 Å². The molecule has 1 aliphatic heterocycles. The third-order valence-corrected chi connectivity index (χ3v) is 8.50. The van der Waals surface area contributed by atoms with Crippen molar-refractivity contribution in [2.45, 2.75) is 75.6 Å². The van der Waals surface area contributed by atoms with Crippen molar-refractivity contribution in [3.05, 3.63) is 58.9 Å². The van der Waals surface area contributed by atoms with Crippen LogP contribution in [0.2, 0.25) is 0 Å². The summed E-state index contributed by atoms with van der Waals surface area (Å²) in [5.41, 5.74) is 3.73. The van der Waals surface area contributed by atoms with Gasteiger partial charge in [-0.3, -0.25) is 4.31 Å². The molecule has 28 heavy (non-hydrogen) atoms. The lowest BCUT2D eigenvalue weighted by Crippen LogP contribution is -2.56. The standard InChI is InChI=1S/C23H28FNO2S/c1-16-7-8-17(2)22-21(16)18(3)15-23(13-5-4-6-14-23)25(22)28(26,27)20-11-9-19(24)10-12-20/h7-12,18H,4-6,13-15H2,1-3H3. The van der Waals surface area contributed by atoms with Crippen LogP contribution in [0.5, 0.6) is 0 Å². The Balaban J connectivity index is 1.99. The fraction of sp³-hybridized carbons (Fsp3) is 0.478. The van der Waals surface area contributed by atoms with Gasteiger partial charge in [0.1, 0.15) is 5.82 Å². The van der Waals surface area contributed by atoms with Crippen molar-refractivity contribution in [1.82, 2.24) is 0 Å². The van der Waals surface area contributed by atoms with Gasteiger partial charge in [0.25, 0.3) is 10.0 Å². The van der Waals surface area contributed by atoms with Gasteiger partial charge in [0, 0.05) is 0 Å². The molecule has 0 saturated heterocycles. The van der Waals surface area contributed by atoms with Gasteiger partial charge in [-0.25, -0.2) is 12.8 Å². The van der Waals surface area contributed by atoms with Gasteiger partial charge >= 0.3 is 0 Å². The van der Waals surface area contributed by atoms with E-state index in [9.17, 15) is 12.8 Å². The second-order valence-electron chi connectivity index (χ2n) is 8.58. The first-order chi connectivity index (χ1) is 13.3. The largest absolute Gasteiger partial charge is 0.264 e. The Morgan fingerprint density at radius 2 is 1.57 bits per heavy atom. The van der Waals surface area contributed by atoms with Gasteiger partial charge < -0.3 is 0 Å². The highest BCUT2D eigenvalue weighted by Gasteiger charge is 2.50. The molecule has 1 aliphatic carbocycles. The predicted octanol–water partition coefficient (Wildman–Crippen LogP) is 5.85. The van der Waals surface area contributed by atoms with E-state index in [-0.39, 0.29) is 4.90 Å². The summed E-state index contributed by atoms with van der Waals surface area (Å²) in [4.78, 5) is 0.167. The zero-order valence-electron chi connectivity index (χ0n) is 16.8. The molecule has 3 nitrogen and oxygen atoms in total. The van der Waals surface area contributed by atoms with Crippen molar-refractivity contribution in [2.24, 2.45) is 0 Å². The van der Waals surface area contributed by atoms with Crippen LogP contribution in [0.15, 0.2) is 41.3 Å². The number of anilines is 1. The predicted molar refractivity (Wildman–Crippen MR) is 111 cm³/mol. The molecular formula is C23H28FNO2S. The molecule has 5 heteroatoms. The Labute approximate surface area is 167 Å². The monoisotopic (exact) mass is 401 g/mol. The molecule has 0 N–H and O–H groups in total. The lowest BCUT2D eigenvalue weighted by molar-refractivity contribution is 0.257. The van der Waals surface area contributed by atoms with Gasteiger partial charge in [0.05, 0.1) is 16.1 Å². The molecule has 150 valence electrons. The Bertz CT molecular complexity index is 992. The van der Waals surface area contributed by atoms with Gasteiger partial charge in [-0.2, -0.15) is 0 Å². The average molecular weight is 402 g/mol. The zero-order valence-corrected chi connectivity index (χ0v) is 17.7. The first-order valence-corrected chi connectivity index (χ1v) is 11.6. The number of rotatable bonds is 2. The van der Waals surface area contributed by atoms with Crippen LogP contribution in [0.25, 0.3) is 0 Å². The molecule has 0 bridgehead atoms. The molecule has 1 saturated carbocycles. The van der Waals surface area contributed by atoms with Crippen LogP contribution < -0.4 is 4.31 Å². The minimum atomic E-state index is -3.80. The molecular weight excluding hydrogens is 373 g/mol. The maximum Gasteiger partial charge on any atom is 0.264 e. The van der Waals surface area contributed by atoms with Crippen LogP contribution in [0.1, 0.15) is 68.1 Å². The van der Waals surface area contributed by atoms with E-state index in [0.717, 1.165) is 60.9 Å².